The lowest BCUT2D eigenvalue weighted by Crippen LogP contribution is -2.41. The van der Waals surface area contributed by atoms with E-state index in [1.807, 2.05) is 0 Å². The number of hydrogen-bond acceptors (Lipinski definition) is 9. The molecule has 2 N–H and O–H groups in total. The third-order valence-electron chi connectivity index (χ3n) is 4.22. The van der Waals surface area contributed by atoms with Crippen LogP contribution in [0.3, 0.4) is 0 Å². The Morgan fingerprint density at radius 1 is 0.879 bits per heavy atom. The molecule has 0 saturated heterocycles. The van der Waals surface area contributed by atoms with Gasteiger partial charge in [0.25, 0.3) is 11.8 Å². The van der Waals surface area contributed by atoms with E-state index in [-0.39, 0.29) is 51.1 Å². The standard InChI is InChI=1S/C21H33N3O9/c1-17(4-7-25)23-18(26)5-8-30-10-12-32-14-15-33-13-11-31-9-6-22-19(27)16-24-20(28)2-3-21(24)29/h2-3,7,17H,4-6,8-16H2,1H3,(H,22,27)(H,23,26). The minimum Gasteiger partial charge on any atom is -0.379 e. The summed E-state index contributed by atoms with van der Waals surface area (Å²) in [5.41, 5.74) is 0. The molecule has 0 spiro atoms. The Balaban J connectivity index is 1.80. The third-order valence-corrected chi connectivity index (χ3v) is 4.22. The van der Waals surface area contributed by atoms with E-state index in [9.17, 15) is 24.0 Å². The van der Waals surface area contributed by atoms with Crippen molar-refractivity contribution in [3.63, 3.8) is 0 Å². The molecule has 186 valence electrons. The second kappa shape index (κ2) is 17.8. The fourth-order valence-electron chi connectivity index (χ4n) is 2.53. The van der Waals surface area contributed by atoms with E-state index >= 15 is 0 Å². The minimum absolute atomic E-state index is 0.157. The molecule has 1 unspecified atom stereocenters. The van der Waals surface area contributed by atoms with Crippen LogP contribution in [0.2, 0.25) is 0 Å². The maximum Gasteiger partial charge on any atom is 0.254 e. The summed E-state index contributed by atoms with van der Waals surface area (Å²) in [6, 6.07) is -0.173. The molecule has 0 bridgehead atoms. The molecule has 0 fully saturated rings. The monoisotopic (exact) mass is 471 g/mol. The van der Waals surface area contributed by atoms with Crippen LogP contribution in [0.15, 0.2) is 12.2 Å². The quantitative estimate of drug-likeness (QED) is 0.124. The highest BCUT2D eigenvalue weighted by Crippen LogP contribution is 2.02. The molecule has 1 atom stereocenters. The van der Waals surface area contributed by atoms with Gasteiger partial charge in [0.15, 0.2) is 0 Å². The van der Waals surface area contributed by atoms with E-state index in [0.717, 1.165) is 23.3 Å². The molecule has 12 heteroatoms. The summed E-state index contributed by atoms with van der Waals surface area (Å²) in [4.78, 5) is 57.1. The Morgan fingerprint density at radius 3 is 1.94 bits per heavy atom. The SMILES string of the molecule is CC(CC=O)NC(=O)CCOCCOCCOCCOCCNC(=O)CN1C(=O)C=CC1=O. The number of imide groups is 1. The topological polar surface area (TPSA) is 150 Å². The summed E-state index contributed by atoms with van der Waals surface area (Å²) in [6.07, 6.45) is 3.54. The van der Waals surface area contributed by atoms with E-state index in [2.05, 4.69) is 10.6 Å². The van der Waals surface area contributed by atoms with Crippen molar-refractivity contribution in [3.8, 4) is 0 Å². The van der Waals surface area contributed by atoms with Gasteiger partial charge < -0.3 is 34.4 Å². The summed E-state index contributed by atoms with van der Waals surface area (Å²) >= 11 is 0. The summed E-state index contributed by atoms with van der Waals surface area (Å²) < 4.78 is 21.3. The maximum absolute atomic E-state index is 11.7. The molecule has 1 rings (SSSR count). The number of rotatable bonds is 20. The van der Waals surface area contributed by atoms with Crippen LogP contribution in [-0.2, 0) is 42.9 Å². The van der Waals surface area contributed by atoms with E-state index in [1.54, 1.807) is 6.92 Å². The van der Waals surface area contributed by atoms with Crippen molar-refractivity contribution < 1.29 is 42.9 Å². The van der Waals surface area contributed by atoms with Gasteiger partial charge in [-0.05, 0) is 6.92 Å². The van der Waals surface area contributed by atoms with E-state index < -0.39 is 17.7 Å². The first-order valence-electron chi connectivity index (χ1n) is 10.8. The minimum atomic E-state index is -0.498. The lowest BCUT2D eigenvalue weighted by Gasteiger charge is -2.13. The van der Waals surface area contributed by atoms with Crippen molar-refractivity contribution in [3.05, 3.63) is 12.2 Å². The molecule has 4 amide bonds. The summed E-state index contributed by atoms with van der Waals surface area (Å²) in [6.45, 7) is 4.51. The summed E-state index contributed by atoms with van der Waals surface area (Å²) in [5, 5.41) is 5.26. The Labute approximate surface area is 192 Å². The molecule has 0 radical (unpaired) electrons. The Kier molecular flexibility index (Phi) is 15.3. The van der Waals surface area contributed by atoms with Crippen molar-refractivity contribution in [1.29, 1.82) is 0 Å². The van der Waals surface area contributed by atoms with E-state index in [4.69, 9.17) is 18.9 Å². The number of hydrogen-bond donors (Lipinski definition) is 2. The molecule has 12 nitrogen and oxygen atoms in total. The fraction of sp³-hybridized carbons (Fsp3) is 0.667. The van der Waals surface area contributed by atoms with Crippen LogP contribution < -0.4 is 10.6 Å². The molecule has 0 aromatic carbocycles. The third kappa shape index (κ3) is 14.2. The number of ether oxygens (including phenoxy) is 4. The Bertz CT molecular complexity index is 651. The van der Waals surface area contributed by atoms with Crippen LogP contribution in [0.4, 0.5) is 0 Å². The lowest BCUT2D eigenvalue weighted by molar-refractivity contribution is -0.141. The molecular weight excluding hydrogens is 438 g/mol. The van der Waals surface area contributed by atoms with Crippen LogP contribution in [0, 0.1) is 0 Å². The van der Waals surface area contributed by atoms with Gasteiger partial charge in [-0.2, -0.15) is 0 Å². The summed E-state index contributed by atoms with van der Waals surface area (Å²) in [7, 11) is 0. The zero-order valence-electron chi connectivity index (χ0n) is 18.9. The van der Waals surface area contributed by atoms with Crippen LogP contribution in [0.25, 0.3) is 0 Å². The average molecular weight is 472 g/mol. The van der Waals surface area contributed by atoms with Gasteiger partial charge in [-0.25, -0.2) is 0 Å². The second-order valence-electron chi connectivity index (χ2n) is 7.02. The number of carbonyl (C=O) groups excluding carboxylic acids is 5. The maximum atomic E-state index is 11.7. The predicted octanol–water partition coefficient (Wildman–Crippen LogP) is -1.42. The van der Waals surface area contributed by atoms with Gasteiger partial charge in [0.2, 0.25) is 11.8 Å². The molecule has 0 aromatic heterocycles. The van der Waals surface area contributed by atoms with Gasteiger partial charge in [0, 0.05) is 37.6 Å². The predicted molar refractivity (Wildman–Crippen MR) is 115 cm³/mol. The van der Waals surface area contributed by atoms with Crippen molar-refractivity contribution in [1.82, 2.24) is 15.5 Å². The van der Waals surface area contributed by atoms with E-state index in [1.165, 1.54) is 0 Å². The fourth-order valence-corrected chi connectivity index (χ4v) is 2.53. The molecule has 0 aliphatic carbocycles. The highest BCUT2D eigenvalue weighted by molar-refractivity contribution is 6.14. The highest BCUT2D eigenvalue weighted by Gasteiger charge is 2.25. The summed E-state index contributed by atoms with van der Waals surface area (Å²) in [5.74, 6) is -1.59. The van der Waals surface area contributed by atoms with E-state index in [0.29, 0.717) is 39.6 Å². The first-order valence-corrected chi connectivity index (χ1v) is 10.8. The van der Waals surface area contributed by atoms with Crippen molar-refractivity contribution in [2.24, 2.45) is 0 Å². The number of nitrogens with one attached hydrogen (secondary N) is 2. The lowest BCUT2D eigenvalue weighted by atomic mass is 10.2. The van der Waals surface area contributed by atoms with Crippen LogP contribution in [-0.4, -0.2) is 107 Å². The van der Waals surface area contributed by atoms with Crippen LogP contribution in [0.1, 0.15) is 19.8 Å². The van der Waals surface area contributed by atoms with Gasteiger partial charge >= 0.3 is 0 Å². The Morgan fingerprint density at radius 2 is 1.39 bits per heavy atom. The molecule has 1 aliphatic rings. The van der Waals surface area contributed by atoms with Crippen molar-refractivity contribution in [2.75, 3.05) is 65.9 Å². The van der Waals surface area contributed by atoms with Gasteiger partial charge in [-0.15, -0.1) is 0 Å². The average Bonchev–Trinajstić information content (AvgIpc) is 3.08. The zero-order chi connectivity index (χ0) is 24.3. The first kappa shape index (κ1) is 28.4. The molecule has 33 heavy (non-hydrogen) atoms. The molecule has 0 aromatic rings. The van der Waals surface area contributed by atoms with Gasteiger partial charge in [-0.1, -0.05) is 0 Å². The van der Waals surface area contributed by atoms with Crippen LogP contribution >= 0.6 is 0 Å². The smallest absolute Gasteiger partial charge is 0.254 e. The number of aldehydes is 1. The highest BCUT2D eigenvalue weighted by atomic mass is 16.6. The first-order chi connectivity index (χ1) is 15.9. The number of nitrogens with zero attached hydrogens (tertiary/aromatic N) is 1. The number of amides is 4. The Hall–Kier alpha value is -2.67. The van der Waals surface area contributed by atoms with Gasteiger partial charge in [0.05, 0.1) is 52.9 Å². The van der Waals surface area contributed by atoms with Gasteiger partial charge in [-0.3, -0.25) is 24.1 Å². The molecule has 0 saturated carbocycles. The molecule has 1 aliphatic heterocycles. The molecular formula is C21H33N3O9. The normalized spacial score (nSPS) is 13.9. The van der Waals surface area contributed by atoms with Crippen molar-refractivity contribution in [2.45, 2.75) is 25.8 Å². The zero-order valence-corrected chi connectivity index (χ0v) is 18.9. The van der Waals surface area contributed by atoms with Gasteiger partial charge in [0.1, 0.15) is 12.8 Å². The second-order valence-corrected chi connectivity index (χ2v) is 7.02. The van der Waals surface area contributed by atoms with Crippen LogP contribution in [0.5, 0.6) is 0 Å². The molecule has 1 heterocycles. The van der Waals surface area contributed by atoms with Crippen molar-refractivity contribution >= 4 is 29.9 Å². The number of carbonyl (C=O) groups is 5. The largest absolute Gasteiger partial charge is 0.379 e.